The van der Waals surface area contributed by atoms with Gasteiger partial charge in [-0.15, -0.1) is 0 Å². The van der Waals surface area contributed by atoms with Crippen molar-refractivity contribution < 1.29 is 9.53 Å². The van der Waals surface area contributed by atoms with Crippen molar-refractivity contribution in [2.45, 2.75) is 45.6 Å². The van der Waals surface area contributed by atoms with Crippen LogP contribution >= 0.6 is 0 Å². The number of ether oxygens (including phenoxy) is 1. The molecule has 0 aliphatic carbocycles. The normalized spacial score (nSPS) is 11.7. The molecule has 0 bridgehead atoms. The van der Waals surface area contributed by atoms with Gasteiger partial charge in [0.2, 0.25) is 0 Å². The number of anilines is 1. The van der Waals surface area contributed by atoms with Gasteiger partial charge in [-0.25, -0.2) is 0 Å². The Kier molecular flexibility index (Phi) is 6.67. The number of rotatable bonds is 8. The molecular weight excluding hydrogens is 286 g/mol. The summed E-state index contributed by atoms with van der Waals surface area (Å²) in [6.45, 7) is 3.96. The van der Waals surface area contributed by atoms with Gasteiger partial charge in [0.05, 0.1) is 0 Å². The van der Waals surface area contributed by atoms with Crippen LogP contribution in [-0.4, -0.2) is 12.0 Å². The number of hydrogen-bond donors (Lipinski definition) is 1. The Morgan fingerprint density at radius 1 is 1.04 bits per heavy atom. The molecule has 0 heterocycles. The summed E-state index contributed by atoms with van der Waals surface area (Å²) in [5, 5.41) is 2.89. The average molecular weight is 311 g/mol. The minimum Gasteiger partial charge on any atom is -0.481 e. The van der Waals surface area contributed by atoms with E-state index in [2.05, 4.69) is 24.4 Å². The van der Waals surface area contributed by atoms with Crippen molar-refractivity contribution in [3.8, 4) is 5.75 Å². The van der Waals surface area contributed by atoms with Crippen molar-refractivity contribution in [1.82, 2.24) is 0 Å². The lowest BCUT2D eigenvalue weighted by atomic mass is 10.1. The lowest BCUT2D eigenvalue weighted by molar-refractivity contribution is -0.122. The highest BCUT2D eigenvalue weighted by atomic mass is 16.5. The zero-order valence-corrected chi connectivity index (χ0v) is 13.9. The number of unbranched alkanes of at least 4 members (excludes halogenated alkanes) is 2. The molecule has 0 saturated heterocycles. The summed E-state index contributed by atoms with van der Waals surface area (Å²) in [6.07, 6.45) is 4.25. The number of nitrogens with one attached hydrogen (secondary N) is 1. The Balaban J connectivity index is 1.84. The second-order valence-electron chi connectivity index (χ2n) is 5.72. The van der Waals surface area contributed by atoms with Gasteiger partial charge in [0, 0.05) is 5.69 Å². The molecule has 0 saturated carbocycles. The van der Waals surface area contributed by atoms with Crippen molar-refractivity contribution in [2.75, 3.05) is 5.32 Å². The van der Waals surface area contributed by atoms with Crippen molar-refractivity contribution in [1.29, 1.82) is 0 Å². The van der Waals surface area contributed by atoms with Crippen LogP contribution < -0.4 is 10.1 Å². The van der Waals surface area contributed by atoms with Crippen LogP contribution in [0.25, 0.3) is 0 Å². The Labute approximate surface area is 138 Å². The molecule has 122 valence electrons. The smallest absolute Gasteiger partial charge is 0.265 e. The third kappa shape index (κ3) is 5.78. The monoisotopic (exact) mass is 311 g/mol. The maximum Gasteiger partial charge on any atom is 0.265 e. The number of carbonyl (C=O) groups is 1. The minimum absolute atomic E-state index is 0.146. The standard InChI is InChI=1S/C20H25NO2/c1-3-4-6-9-17-12-14-18(15-13-17)21-20(22)16(2)23-19-10-7-5-8-11-19/h5,7-8,10-16H,3-4,6,9H2,1-2H3,(H,21,22). The van der Waals surface area contributed by atoms with Gasteiger partial charge >= 0.3 is 0 Å². The minimum atomic E-state index is -0.540. The van der Waals surface area contributed by atoms with Gasteiger partial charge in [-0.3, -0.25) is 4.79 Å². The molecule has 2 aromatic carbocycles. The maximum absolute atomic E-state index is 12.2. The van der Waals surface area contributed by atoms with E-state index in [1.165, 1.54) is 24.8 Å². The van der Waals surface area contributed by atoms with Crippen LogP contribution in [0.3, 0.4) is 0 Å². The highest BCUT2D eigenvalue weighted by Gasteiger charge is 2.14. The van der Waals surface area contributed by atoms with Crippen LogP contribution in [-0.2, 0) is 11.2 Å². The van der Waals surface area contributed by atoms with Crippen molar-refractivity contribution in [3.63, 3.8) is 0 Å². The number of para-hydroxylation sites is 1. The molecule has 2 aromatic rings. The van der Waals surface area contributed by atoms with Crippen LogP contribution in [0.15, 0.2) is 54.6 Å². The van der Waals surface area contributed by atoms with E-state index in [4.69, 9.17) is 4.74 Å². The number of hydrogen-bond acceptors (Lipinski definition) is 2. The largest absolute Gasteiger partial charge is 0.481 e. The summed E-state index contributed by atoms with van der Waals surface area (Å²) in [4.78, 5) is 12.2. The second kappa shape index (κ2) is 8.99. The van der Waals surface area contributed by atoms with Gasteiger partial charge < -0.3 is 10.1 Å². The molecule has 0 spiro atoms. The summed E-state index contributed by atoms with van der Waals surface area (Å²) >= 11 is 0. The number of aryl methyl sites for hydroxylation is 1. The first-order valence-corrected chi connectivity index (χ1v) is 8.30. The summed E-state index contributed by atoms with van der Waals surface area (Å²) in [5.41, 5.74) is 2.11. The summed E-state index contributed by atoms with van der Waals surface area (Å²) in [5.74, 6) is 0.550. The molecule has 1 unspecified atom stereocenters. The number of benzene rings is 2. The third-order valence-corrected chi connectivity index (χ3v) is 3.72. The predicted octanol–water partition coefficient (Wildman–Crippen LogP) is 4.83. The van der Waals surface area contributed by atoms with E-state index >= 15 is 0 Å². The van der Waals surface area contributed by atoms with Gasteiger partial charge in [-0.05, 0) is 49.6 Å². The zero-order valence-electron chi connectivity index (χ0n) is 13.9. The summed E-state index contributed by atoms with van der Waals surface area (Å²) in [7, 11) is 0. The fourth-order valence-electron chi connectivity index (χ4n) is 2.33. The lowest BCUT2D eigenvalue weighted by Crippen LogP contribution is -2.30. The van der Waals surface area contributed by atoms with E-state index < -0.39 is 6.10 Å². The lowest BCUT2D eigenvalue weighted by Gasteiger charge is -2.14. The molecule has 0 aromatic heterocycles. The molecule has 1 amide bonds. The van der Waals surface area contributed by atoms with Gasteiger partial charge in [-0.1, -0.05) is 50.1 Å². The van der Waals surface area contributed by atoms with Gasteiger partial charge in [0.1, 0.15) is 5.75 Å². The predicted molar refractivity (Wildman–Crippen MR) is 94.8 cm³/mol. The number of carbonyl (C=O) groups excluding carboxylic acids is 1. The average Bonchev–Trinajstić information content (AvgIpc) is 2.57. The van der Waals surface area contributed by atoms with Gasteiger partial charge in [-0.2, -0.15) is 0 Å². The molecule has 23 heavy (non-hydrogen) atoms. The van der Waals surface area contributed by atoms with Crippen molar-refractivity contribution in [2.24, 2.45) is 0 Å². The Bertz CT molecular complexity index is 593. The maximum atomic E-state index is 12.2. The molecular formula is C20H25NO2. The Morgan fingerprint density at radius 3 is 2.39 bits per heavy atom. The molecule has 0 fully saturated rings. The van der Waals surface area contributed by atoms with E-state index in [1.54, 1.807) is 6.92 Å². The zero-order chi connectivity index (χ0) is 16.5. The van der Waals surface area contributed by atoms with Crippen LogP contribution in [0.5, 0.6) is 5.75 Å². The number of amides is 1. The van der Waals surface area contributed by atoms with Crippen molar-refractivity contribution >= 4 is 11.6 Å². The topological polar surface area (TPSA) is 38.3 Å². The SMILES string of the molecule is CCCCCc1ccc(NC(=O)C(C)Oc2ccccc2)cc1. The summed E-state index contributed by atoms with van der Waals surface area (Å²) < 4.78 is 5.63. The fraction of sp³-hybridized carbons (Fsp3) is 0.350. The Morgan fingerprint density at radius 2 is 1.74 bits per heavy atom. The van der Waals surface area contributed by atoms with Crippen LogP contribution in [0.1, 0.15) is 38.7 Å². The quantitative estimate of drug-likeness (QED) is 0.709. The molecule has 0 aliphatic rings. The van der Waals surface area contributed by atoms with Crippen LogP contribution in [0.2, 0.25) is 0 Å². The molecule has 0 radical (unpaired) electrons. The van der Waals surface area contributed by atoms with Gasteiger partial charge in [0.25, 0.3) is 5.91 Å². The molecule has 2 rings (SSSR count). The van der Waals surface area contributed by atoms with E-state index in [1.807, 2.05) is 42.5 Å². The molecule has 3 nitrogen and oxygen atoms in total. The van der Waals surface area contributed by atoms with E-state index in [-0.39, 0.29) is 5.91 Å². The molecule has 1 N–H and O–H groups in total. The van der Waals surface area contributed by atoms with E-state index in [9.17, 15) is 4.79 Å². The third-order valence-electron chi connectivity index (χ3n) is 3.72. The van der Waals surface area contributed by atoms with Crippen LogP contribution in [0, 0.1) is 0 Å². The highest BCUT2D eigenvalue weighted by molar-refractivity contribution is 5.94. The highest BCUT2D eigenvalue weighted by Crippen LogP contribution is 2.14. The second-order valence-corrected chi connectivity index (χ2v) is 5.72. The first kappa shape index (κ1) is 17.1. The van der Waals surface area contributed by atoms with Crippen molar-refractivity contribution in [3.05, 3.63) is 60.2 Å². The molecule has 3 heteroatoms. The molecule has 0 aliphatic heterocycles. The van der Waals surface area contributed by atoms with Crippen LogP contribution in [0.4, 0.5) is 5.69 Å². The van der Waals surface area contributed by atoms with E-state index in [0.29, 0.717) is 5.75 Å². The summed E-state index contributed by atoms with van der Waals surface area (Å²) in [6, 6.07) is 17.4. The first-order valence-electron chi connectivity index (χ1n) is 8.30. The molecule has 1 atom stereocenters. The van der Waals surface area contributed by atoms with Gasteiger partial charge in [0.15, 0.2) is 6.10 Å². The Hall–Kier alpha value is -2.29. The fourth-order valence-corrected chi connectivity index (χ4v) is 2.33. The van der Waals surface area contributed by atoms with E-state index in [0.717, 1.165) is 12.1 Å². The first-order chi connectivity index (χ1) is 11.2.